The maximum atomic E-state index is 14.0. The predicted octanol–water partition coefficient (Wildman–Crippen LogP) is 5.70. The van der Waals surface area contributed by atoms with Gasteiger partial charge in [-0.3, -0.25) is 14.7 Å². The molecular weight excluding hydrogens is 555 g/mol. The second-order valence-electron chi connectivity index (χ2n) is 11.2. The topological polar surface area (TPSA) is 58.0 Å². The number of halogens is 5. The molecule has 2 aromatic carbocycles. The molecule has 0 radical (unpaired) electrons. The summed E-state index contributed by atoms with van der Waals surface area (Å²) < 4.78 is 72.4. The minimum absolute atomic E-state index is 0.214. The standard InChI is InChI=1S/C31H29F5N4O2/c1-20-38-30(21-3-7-24(32)8-4-21,22-5-9-25(33)10-6-22)28(41)40(20)14-2-13-39-15-11-29(12-16-39)19-42-26-17-23(31(34,35)36)18-37-27(26)29/h3-10,17-18H,2,11-16,19H2,1H3. The van der Waals surface area contributed by atoms with Gasteiger partial charge < -0.3 is 9.64 Å². The van der Waals surface area contributed by atoms with E-state index in [1.807, 2.05) is 0 Å². The molecule has 0 N–H and O–H groups in total. The SMILES string of the molecule is CC1=NC(c2ccc(F)cc2)(c2ccc(F)cc2)C(=O)N1CCCN1CCC2(CC1)COc1cc(C(F)(F)F)cnc12. The summed E-state index contributed by atoms with van der Waals surface area (Å²) in [7, 11) is 0. The Morgan fingerprint density at radius 3 is 2.10 bits per heavy atom. The quantitative estimate of drug-likeness (QED) is 0.349. The van der Waals surface area contributed by atoms with Crippen LogP contribution in [0.2, 0.25) is 0 Å². The van der Waals surface area contributed by atoms with Crippen molar-refractivity contribution in [1.82, 2.24) is 14.8 Å². The maximum absolute atomic E-state index is 14.0. The Hall–Kier alpha value is -3.86. The normalized spacial score (nSPS) is 19.6. The van der Waals surface area contributed by atoms with Gasteiger partial charge in [0.2, 0.25) is 0 Å². The summed E-state index contributed by atoms with van der Waals surface area (Å²) >= 11 is 0. The highest BCUT2D eigenvalue weighted by Gasteiger charge is 2.50. The van der Waals surface area contributed by atoms with Gasteiger partial charge in [0, 0.05) is 12.7 Å². The van der Waals surface area contributed by atoms with Crippen LogP contribution in [0.5, 0.6) is 5.75 Å². The molecule has 6 rings (SSSR count). The number of fused-ring (bicyclic) bond motifs is 2. The lowest BCUT2D eigenvalue weighted by atomic mass is 9.77. The van der Waals surface area contributed by atoms with E-state index < -0.39 is 34.3 Å². The van der Waals surface area contributed by atoms with Gasteiger partial charge in [0.15, 0.2) is 5.54 Å². The van der Waals surface area contributed by atoms with Gasteiger partial charge >= 0.3 is 6.18 Å². The number of carbonyl (C=O) groups excluding carboxylic acids is 1. The first kappa shape index (κ1) is 28.3. The van der Waals surface area contributed by atoms with E-state index in [0.717, 1.165) is 25.4 Å². The number of amides is 1. The number of piperidine rings is 1. The number of aromatic nitrogens is 1. The molecule has 0 bridgehead atoms. The summed E-state index contributed by atoms with van der Waals surface area (Å²) in [6, 6.07) is 12.3. The third-order valence-corrected chi connectivity index (χ3v) is 8.65. The first-order valence-electron chi connectivity index (χ1n) is 13.9. The average Bonchev–Trinajstić information content (AvgIpc) is 3.44. The van der Waals surface area contributed by atoms with E-state index in [-0.39, 0.29) is 11.7 Å². The minimum Gasteiger partial charge on any atom is -0.491 e. The number of nitrogens with zero attached hydrogens (tertiary/aromatic N) is 4. The van der Waals surface area contributed by atoms with Gasteiger partial charge in [-0.05, 0) is 87.3 Å². The van der Waals surface area contributed by atoms with Crippen molar-refractivity contribution < 1.29 is 31.5 Å². The number of carbonyl (C=O) groups is 1. The molecule has 1 aromatic heterocycles. The number of rotatable bonds is 6. The zero-order chi connectivity index (χ0) is 29.7. The summed E-state index contributed by atoms with van der Waals surface area (Å²) in [6.07, 6.45) is -1.51. The lowest BCUT2D eigenvalue weighted by Crippen LogP contribution is -2.45. The molecular formula is C31H29F5N4O2. The fourth-order valence-electron chi connectivity index (χ4n) is 6.31. The Kier molecular flexibility index (Phi) is 7.03. The van der Waals surface area contributed by atoms with E-state index in [0.29, 0.717) is 61.6 Å². The molecule has 0 atom stereocenters. The Labute approximate surface area is 239 Å². The van der Waals surface area contributed by atoms with Crippen LogP contribution < -0.4 is 4.74 Å². The molecule has 1 saturated heterocycles. The fourth-order valence-corrected chi connectivity index (χ4v) is 6.31. The lowest BCUT2D eigenvalue weighted by Gasteiger charge is -2.38. The molecule has 1 spiro atoms. The molecule has 11 heteroatoms. The molecule has 0 saturated carbocycles. The summed E-state index contributed by atoms with van der Waals surface area (Å²) in [6.45, 7) is 4.64. The van der Waals surface area contributed by atoms with Crippen molar-refractivity contribution >= 4 is 11.7 Å². The van der Waals surface area contributed by atoms with E-state index in [1.54, 1.807) is 11.8 Å². The van der Waals surface area contributed by atoms with Crippen LogP contribution in [0.3, 0.4) is 0 Å². The molecule has 42 heavy (non-hydrogen) atoms. The number of amidine groups is 1. The van der Waals surface area contributed by atoms with Crippen molar-refractivity contribution in [1.29, 1.82) is 0 Å². The lowest BCUT2D eigenvalue weighted by molar-refractivity contribution is -0.138. The maximum Gasteiger partial charge on any atom is 0.418 e. The third kappa shape index (κ3) is 4.83. The molecule has 1 fully saturated rings. The first-order chi connectivity index (χ1) is 20.0. The highest BCUT2D eigenvalue weighted by atomic mass is 19.4. The summed E-state index contributed by atoms with van der Waals surface area (Å²) in [5, 5.41) is 0. The molecule has 220 valence electrons. The van der Waals surface area contributed by atoms with E-state index in [4.69, 9.17) is 9.73 Å². The number of hydrogen-bond acceptors (Lipinski definition) is 5. The number of pyridine rings is 1. The smallest absolute Gasteiger partial charge is 0.418 e. The summed E-state index contributed by atoms with van der Waals surface area (Å²) in [5.74, 6) is -0.413. The molecule has 6 nitrogen and oxygen atoms in total. The fraction of sp³-hybridized carbons (Fsp3) is 0.387. The van der Waals surface area contributed by atoms with Crippen LogP contribution in [0, 0.1) is 11.6 Å². The van der Waals surface area contributed by atoms with Gasteiger partial charge in [-0.1, -0.05) is 24.3 Å². The van der Waals surface area contributed by atoms with E-state index in [1.165, 1.54) is 48.5 Å². The number of aliphatic imine (C=N–C) groups is 1. The van der Waals surface area contributed by atoms with Crippen LogP contribution >= 0.6 is 0 Å². The predicted molar refractivity (Wildman–Crippen MR) is 145 cm³/mol. The Morgan fingerprint density at radius 2 is 1.52 bits per heavy atom. The minimum atomic E-state index is -4.47. The van der Waals surface area contributed by atoms with Crippen molar-refractivity contribution in [2.75, 3.05) is 32.8 Å². The van der Waals surface area contributed by atoms with Crippen LogP contribution in [0.25, 0.3) is 0 Å². The number of alkyl halides is 3. The summed E-state index contributed by atoms with van der Waals surface area (Å²) in [4.78, 5) is 26.8. The van der Waals surface area contributed by atoms with Crippen LogP contribution in [-0.2, 0) is 21.9 Å². The Morgan fingerprint density at radius 1 is 0.929 bits per heavy atom. The van der Waals surface area contributed by atoms with Crippen molar-refractivity contribution in [3.05, 3.63) is 94.8 Å². The van der Waals surface area contributed by atoms with E-state index >= 15 is 0 Å². The van der Waals surface area contributed by atoms with Gasteiger partial charge in [0.05, 0.1) is 23.3 Å². The molecule has 3 aromatic rings. The van der Waals surface area contributed by atoms with E-state index in [2.05, 4.69) is 9.88 Å². The molecule has 3 aliphatic heterocycles. The van der Waals surface area contributed by atoms with Gasteiger partial charge in [0.25, 0.3) is 5.91 Å². The van der Waals surface area contributed by atoms with Crippen molar-refractivity contribution in [3.8, 4) is 5.75 Å². The van der Waals surface area contributed by atoms with Crippen molar-refractivity contribution in [2.45, 2.75) is 43.3 Å². The zero-order valence-corrected chi connectivity index (χ0v) is 22.9. The molecule has 0 unspecified atom stereocenters. The third-order valence-electron chi connectivity index (χ3n) is 8.65. The zero-order valence-electron chi connectivity index (χ0n) is 22.9. The van der Waals surface area contributed by atoms with Gasteiger partial charge in [-0.15, -0.1) is 0 Å². The van der Waals surface area contributed by atoms with Crippen LogP contribution in [-0.4, -0.2) is 59.3 Å². The Bertz CT molecular complexity index is 1470. The van der Waals surface area contributed by atoms with Gasteiger partial charge in [-0.25, -0.2) is 13.8 Å². The highest BCUT2D eigenvalue weighted by Crippen LogP contribution is 2.46. The second-order valence-corrected chi connectivity index (χ2v) is 11.2. The van der Waals surface area contributed by atoms with Crippen molar-refractivity contribution in [3.63, 3.8) is 0 Å². The second kappa shape index (κ2) is 10.4. The number of hydrogen-bond donors (Lipinski definition) is 0. The van der Waals surface area contributed by atoms with Crippen LogP contribution in [0.15, 0.2) is 65.8 Å². The monoisotopic (exact) mass is 584 g/mol. The molecule has 1 amide bonds. The number of ether oxygens (including phenoxy) is 1. The largest absolute Gasteiger partial charge is 0.491 e. The van der Waals surface area contributed by atoms with E-state index in [9.17, 15) is 26.7 Å². The highest BCUT2D eigenvalue weighted by molar-refractivity contribution is 6.09. The number of likely N-dealkylation sites (tertiary alicyclic amines) is 1. The first-order valence-corrected chi connectivity index (χ1v) is 13.9. The molecule has 0 aliphatic carbocycles. The molecule has 4 heterocycles. The summed E-state index contributed by atoms with van der Waals surface area (Å²) in [5.41, 5.74) is -1.04. The average molecular weight is 585 g/mol. The van der Waals surface area contributed by atoms with Crippen LogP contribution in [0.4, 0.5) is 22.0 Å². The van der Waals surface area contributed by atoms with Crippen molar-refractivity contribution in [2.24, 2.45) is 4.99 Å². The van der Waals surface area contributed by atoms with Gasteiger partial charge in [-0.2, -0.15) is 13.2 Å². The Balaban J connectivity index is 1.11. The van der Waals surface area contributed by atoms with Crippen LogP contribution in [0.1, 0.15) is 48.6 Å². The molecule has 3 aliphatic rings. The number of benzene rings is 2. The van der Waals surface area contributed by atoms with Gasteiger partial charge in [0.1, 0.15) is 23.2 Å².